The first kappa shape index (κ1) is 11.2. The van der Waals surface area contributed by atoms with Crippen LogP contribution in [0.4, 0.5) is 5.69 Å². The van der Waals surface area contributed by atoms with Crippen molar-refractivity contribution in [3.63, 3.8) is 0 Å². The van der Waals surface area contributed by atoms with Crippen LogP contribution in [0.25, 0.3) is 0 Å². The Kier molecular flexibility index (Phi) is 3.85. The predicted octanol–water partition coefficient (Wildman–Crippen LogP) is 0.789. The zero-order chi connectivity index (χ0) is 11.3. The molecule has 0 bridgehead atoms. The van der Waals surface area contributed by atoms with Crippen molar-refractivity contribution in [3.05, 3.63) is 29.8 Å². The molecular formula is C11H12NO3-. The molecule has 0 aliphatic rings. The number of rotatable bonds is 4. The van der Waals surface area contributed by atoms with Crippen LogP contribution in [0.5, 0.6) is 0 Å². The van der Waals surface area contributed by atoms with Crippen molar-refractivity contribution in [2.24, 2.45) is 0 Å². The van der Waals surface area contributed by atoms with Crippen LogP contribution in [0.1, 0.15) is 30.1 Å². The van der Waals surface area contributed by atoms with Gasteiger partial charge in [0, 0.05) is 17.7 Å². The van der Waals surface area contributed by atoms with E-state index in [0.29, 0.717) is 6.42 Å². The first-order valence-electron chi connectivity index (χ1n) is 4.75. The summed E-state index contributed by atoms with van der Waals surface area (Å²) < 4.78 is 0. The van der Waals surface area contributed by atoms with Gasteiger partial charge in [-0.15, -0.1) is 0 Å². The van der Waals surface area contributed by atoms with Crippen LogP contribution >= 0.6 is 0 Å². The molecule has 15 heavy (non-hydrogen) atoms. The van der Waals surface area contributed by atoms with Crippen molar-refractivity contribution >= 4 is 17.6 Å². The fourth-order valence-electron chi connectivity index (χ4n) is 1.21. The Morgan fingerprint density at radius 3 is 2.60 bits per heavy atom. The predicted molar refractivity (Wildman–Crippen MR) is 54.3 cm³/mol. The van der Waals surface area contributed by atoms with Crippen LogP contribution in [-0.4, -0.2) is 11.9 Å². The molecule has 0 aromatic heterocycles. The number of carbonyl (C=O) groups excluding carboxylic acids is 2. The summed E-state index contributed by atoms with van der Waals surface area (Å²) in [6.07, 6.45) is 1.10. The minimum atomic E-state index is -1.29. The van der Waals surface area contributed by atoms with E-state index in [2.05, 4.69) is 5.32 Å². The lowest BCUT2D eigenvalue weighted by atomic mass is 10.1. The zero-order valence-electron chi connectivity index (χ0n) is 8.45. The summed E-state index contributed by atoms with van der Waals surface area (Å²) in [4.78, 5) is 22.0. The normalized spacial score (nSPS) is 9.67. The average Bonchev–Trinajstić information content (AvgIpc) is 2.18. The molecule has 1 aromatic carbocycles. The van der Waals surface area contributed by atoms with Crippen LogP contribution in [0, 0.1) is 0 Å². The Morgan fingerprint density at radius 1 is 1.33 bits per heavy atom. The number of carbonyl (C=O) groups is 2. The van der Waals surface area contributed by atoms with E-state index in [-0.39, 0.29) is 17.2 Å². The van der Waals surface area contributed by atoms with Gasteiger partial charge in [-0.05, 0) is 12.5 Å². The second kappa shape index (κ2) is 5.14. The molecule has 80 valence electrons. The number of para-hydroxylation sites is 1. The second-order valence-corrected chi connectivity index (χ2v) is 3.13. The molecule has 0 radical (unpaired) electrons. The molecule has 4 nitrogen and oxygen atoms in total. The number of benzene rings is 1. The van der Waals surface area contributed by atoms with E-state index in [1.807, 2.05) is 6.92 Å². The smallest absolute Gasteiger partial charge is 0.224 e. The first-order chi connectivity index (χ1) is 7.15. The third-order valence-electron chi connectivity index (χ3n) is 1.90. The SMILES string of the molecule is CCCC(=O)Nc1ccccc1C(=O)[O-]. The molecule has 1 N–H and O–H groups in total. The van der Waals surface area contributed by atoms with Gasteiger partial charge in [-0.25, -0.2) is 0 Å². The van der Waals surface area contributed by atoms with Gasteiger partial charge in [0.1, 0.15) is 0 Å². The summed E-state index contributed by atoms with van der Waals surface area (Å²) in [5.41, 5.74) is 0.290. The lowest BCUT2D eigenvalue weighted by Gasteiger charge is -2.10. The van der Waals surface area contributed by atoms with E-state index in [0.717, 1.165) is 6.42 Å². The highest BCUT2D eigenvalue weighted by Gasteiger charge is 2.05. The van der Waals surface area contributed by atoms with E-state index < -0.39 is 5.97 Å². The maximum atomic E-state index is 11.3. The fourth-order valence-corrected chi connectivity index (χ4v) is 1.21. The third-order valence-corrected chi connectivity index (χ3v) is 1.90. The lowest BCUT2D eigenvalue weighted by Crippen LogP contribution is -2.24. The average molecular weight is 206 g/mol. The molecule has 0 spiro atoms. The summed E-state index contributed by atoms with van der Waals surface area (Å²) in [6.45, 7) is 1.88. The number of nitrogens with one attached hydrogen (secondary N) is 1. The second-order valence-electron chi connectivity index (χ2n) is 3.13. The molecular weight excluding hydrogens is 194 g/mol. The quantitative estimate of drug-likeness (QED) is 0.791. The highest BCUT2D eigenvalue weighted by molar-refractivity contribution is 5.99. The Hall–Kier alpha value is -1.84. The molecule has 0 aliphatic carbocycles. The largest absolute Gasteiger partial charge is 0.545 e. The minimum Gasteiger partial charge on any atom is -0.545 e. The topological polar surface area (TPSA) is 69.2 Å². The molecule has 0 aliphatic heterocycles. The zero-order valence-corrected chi connectivity index (χ0v) is 8.45. The highest BCUT2D eigenvalue weighted by atomic mass is 16.4. The van der Waals surface area contributed by atoms with Crippen molar-refractivity contribution in [1.29, 1.82) is 0 Å². The van der Waals surface area contributed by atoms with Crippen molar-refractivity contribution in [2.45, 2.75) is 19.8 Å². The van der Waals surface area contributed by atoms with Gasteiger partial charge in [-0.1, -0.05) is 25.1 Å². The summed E-state index contributed by atoms with van der Waals surface area (Å²) in [5, 5.41) is 13.2. The number of carboxylic acids is 1. The maximum absolute atomic E-state index is 11.3. The van der Waals surface area contributed by atoms with Crippen LogP contribution < -0.4 is 10.4 Å². The van der Waals surface area contributed by atoms with Gasteiger partial charge < -0.3 is 15.2 Å². The van der Waals surface area contributed by atoms with Gasteiger partial charge in [0.2, 0.25) is 5.91 Å². The molecule has 4 heteroatoms. The first-order valence-corrected chi connectivity index (χ1v) is 4.75. The third kappa shape index (κ3) is 3.09. The van der Waals surface area contributed by atoms with Crippen LogP contribution in [0.2, 0.25) is 0 Å². The van der Waals surface area contributed by atoms with Crippen molar-refractivity contribution in [2.75, 3.05) is 5.32 Å². The van der Waals surface area contributed by atoms with E-state index >= 15 is 0 Å². The van der Waals surface area contributed by atoms with Crippen molar-refractivity contribution in [3.8, 4) is 0 Å². The monoisotopic (exact) mass is 206 g/mol. The Balaban J connectivity index is 2.84. The number of carboxylic acid groups (broad SMARTS) is 1. The molecule has 1 amide bonds. The Morgan fingerprint density at radius 2 is 2.00 bits per heavy atom. The summed E-state index contributed by atoms with van der Waals surface area (Å²) >= 11 is 0. The minimum absolute atomic E-state index is 0.00181. The Labute approximate surface area is 87.9 Å². The van der Waals surface area contributed by atoms with Gasteiger partial charge in [0.25, 0.3) is 0 Å². The summed E-state index contributed by atoms with van der Waals surface area (Å²) in [5.74, 6) is -1.48. The van der Waals surface area contributed by atoms with Crippen molar-refractivity contribution in [1.82, 2.24) is 0 Å². The molecule has 0 saturated carbocycles. The van der Waals surface area contributed by atoms with E-state index in [9.17, 15) is 14.7 Å². The molecule has 0 unspecified atom stereocenters. The van der Waals surface area contributed by atoms with Gasteiger partial charge in [0.05, 0.1) is 5.97 Å². The Bertz CT molecular complexity index is 374. The van der Waals surface area contributed by atoms with E-state index in [1.54, 1.807) is 18.2 Å². The van der Waals surface area contributed by atoms with Crippen LogP contribution in [0.15, 0.2) is 24.3 Å². The lowest BCUT2D eigenvalue weighted by molar-refractivity contribution is -0.254. The summed E-state index contributed by atoms with van der Waals surface area (Å²) in [6, 6.07) is 6.18. The molecule has 0 saturated heterocycles. The number of hydrogen-bond acceptors (Lipinski definition) is 3. The molecule has 0 atom stereocenters. The molecule has 0 fully saturated rings. The van der Waals surface area contributed by atoms with Gasteiger partial charge >= 0.3 is 0 Å². The highest BCUT2D eigenvalue weighted by Crippen LogP contribution is 2.14. The van der Waals surface area contributed by atoms with Gasteiger partial charge in [0.15, 0.2) is 0 Å². The number of aromatic carboxylic acids is 1. The van der Waals surface area contributed by atoms with Gasteiger partial charge in [-0.2, -0.15) is 0 Å². The molecule has 1 aromatic rings. The number of amides is 1. The number of anilines is 1. The van der Waals surface area contributed by atoms with Gasteiger partial charge in [-0.3, -0.25) is 4.79 Å². The molecule has 1 rings (SSSR count). The summed E-state index contributed by atoms with van der Waals surface area (Å²) in [7, 11) is 0. The molecule has 0 heterocycles. The van der Waals surface area contributed by atoms with Crippen molar-refractivity contribution < 1.29 is 14.7 Å². The standard InChI is InChI=1S/C11H13NO3/c1-2-5-10(13)12-9-7-4-3-6-8(9)11(14)15/h3-4,6-7H,2,5H2,1H3,(H,12,13)(H,14,15)/p-1. The van der Waals surface area contributed by atoms with Crippen LogP contribution in [0.3, 0.4) is 0 Å². The van der Waals surface area contributed by atoms with E-state index in [1.165, 1.54) is 6.07 Å². The maximum Gasteiger partial charge on any atom is 0.224 e. The fraction of sp³-hybridized carbons (Fsp3) is 0.273. The number of hydrogen-bond donors (Lipinski definition) is 1. The van der Waals surface area contributed by atoms with Crippen LogP contribution in [-0.2, 0) is 4.79 Å². The van der Waals surface area contributed by atoms with E-state index in [4.69, 9.17) is 0 Å².